The van der Waals surface area contributed by atoms with Gasteiger partial charge in [-0.1, -0.05) is 36.4 Å². The summed E-state index contributed by atoms with van der Waals surface area (Å²) in [6.07, 6.45) is 0. The molecule has 4 aromatic rings. The Balaban J connectivity index is 1.91. The number of hydrogen-bond acceptors (Lipinski definition) is 3. The van der Waals surface area contributed by atoms with E-state index in [-0.39, 0.29) is 0 Å². The number of carbonyl (C=O) groups is 1. The Kier molecular flexibility index (Phi) is 2.86. The topological polar surface area (TPSA) is 55.0 Å². The van der Waals surface area contributed by atoms with Crippen LogP contribution in [0.1, 0.15) is 0 Å². The van der Waals surface area contributed by atoms with E-state index in [2.05, 4.69) is 34.5 Å². The predicted octanol–water partition coefficient (Wildman–Crippen LogP) is 3.92. The van der Waals surface area contributed by atoms with Gasteiger partial charge in [0, 0.05) is 10.9 Å². The second kappa shape index (κ2) is 5.00. The van der Waals surface area contributed by atoms with Gasteiger partial charge in [-0.05, 0) is 35.0 Å². The molecule has 1 heterocycles. The van der Waals surface area contributed by atoms with Gasteiger partial charge in [0.1, 0.15) is 11.4 Å². The number of H-pyrrole nitrogens is 1. The molecule has 106 valence electrons. The highest BCUT2D eigenvalue weighted by Crippen LogP contribution is 2.30. The van der Waals surface area contributed by atoms with Gasteiger partial charge >= 0.3 is 0 Å². The van der Waals surface area contributed by atoms with Crippen molar-refractivity contribution in [2.45, 2.75) is 0 Å². The quantitative estimate of drug-likeness (QED) is 0.581. The molecule has 1 aromatic heterocycles. The van der Waals surface area contributed by atoms with E-state index >= 15 is 0 Å². The van der Waals surface area contributed by atoms with Crippen LogP contribution in [0.4, 0.5) is 0 Å². The van der Waals surface area contributed by atoms with Crippen molar-refractivity contribution in [2.75, 3.05) is 0 Å². The van der Waals surface area contributed by atoms with Crippen LogP contribution in [-0.4, -0.2) is 16.7 Å². The third-order valence-electron chi connectivity index (χ3n) is 3.74. The van der Waals surface area contributed by atoms with Crippen molar-refractivity contribution in [1.29, 1.82) is 0 Å². The number of nitrogens with one attached hydrogen (secondary N) is 1. The van der Waals surface area contributed by atoms with Crippen molar-refractivity contribution in [3.05, 3.63) is 60.7 Å². The van der Waals surface area contributed by atoms with Gasteiger partial charge in [0.25, 0.3) is 6.47 Å². The van der Waals surface area contributed by atoms with Crippen molar-refractivity contribution >= 4 is 28.1 Å². The summed E-state index contributed by atoms with van der Waals surface area (Å²) >= 11 is 0. The van der Waals surface area contributed by atoms with Gasteiger partial charge in [-0.3, -0.25) is 9.89 Å². The van der Waals surface area contributed by atoms with Gasteiger partial charge in [0.05, 0.1) is 5.52 Å². The van der Waals surface area contributed by atoms with Crippen LogP contribution in [0.2, 0.25) is 0 Å². The van der Waals surface area contributed by atoms with Crippen LogP contribution >= 0.6 is 0 Å². The lowest BCUT2D eigenvalue weighted by atomic mass is 10.0. The summed E-state index contributed by atoms with van der Waals surface area (Å²) in [4.78, 5) is 10.5. The fraction of sp³-hybridized carbons (Fsp3) is 0. The molecule has 0 saturated carbocycles. The van der Waals surface area contributed by atoms with E-state index in [4.69, 9.17) is 4.74 Å². The van der Waals surface area contributed by atoms with E-state index < -0.39 is 0 Å². The van der Waals surface area contributed by atoms with Crippen LogP contribution in [0.5, 0.6) is 5.75 Å². The van der Waals surface area contributed by atoms with Crippen molar-refractivity contribution in [1.82, 2.24) is 10.2 Å². The average molecular weight is 288 g/mol. The molecule has 0 amide bonds. The minimum absolute atomic E-state index is 0.428. The van der Waals surface area contributed by atoms with E-state index in [1.165, 1.54) is 5.39 Å². The van der Waals surface area contributed by atoms with E-state index in [0.29, 0.717) is 12.2 Å². The van der Waals surface area contributed by atoms with E-state index in [0.717, 1.165) is 27.5 Å². The first-order valence-corrected chi connectivity index (χ1v) is 6.93. The Labute approximate surface area is 126 Å². The molecule has 1 N–H and O–H groups in total. The average Bonchev–Trinajstić information content (AvgIpc) is 2.98. The number of aromatic amines is 1. The highest BCUT2D eigenvalue weighted by molar-refractivity contribution is 5.96. The SMILES string of the molecule is O=COc1ccc2[nH]nc(-c3ccc4ccccc4c3)c2c1. The van der Waals surface area contributed by atoms with Crippen molar-refractivity contribution < 1.29 is 9.53 Å². The maximum Gasteiger partial charge on any atom is 0.298 e. The van der Waals surface area contributed by atoms with Gasteiger partial charge in [-0.2, -0.15) is 5.10 Å². The molecule has 0 aliphatic carbocycles. The summed E-state index contributed by atoms with van der Waals surface area (Å²) in [5.74, 6) is 0.505. The summed E-state index contributed by atoms with van der Waals surface area (Å²) in [5.41, 5.74) is 2.77. The summed E-state index contributed by atoms with van der Waals surface area (Å²) < 4.78 is 4.92. The standard InChI is InChI=1S/C18H12N2O2/c21-11-22-15-7-8-17-16(10-15)18(20-19-17)14-6-5-12-3-1-2-4-13(12)9-14/h1-11H,(H,19,20). The first-order valence-electron chi connectivity index (χ1n) is 6.93. The van der Waals surface area contributed by atoms with E-state index in [1.807, 2.05) is 30.3 Å². The Hall–Kier alpha value is -3.14. The highest BCUT2D eigenvalue weighted by Gasteiger charge is 2.10. The number of benzene rings is 3. The minimum atomic E-state index is 0.428. The zero-order chi connectivity index (χ0) is 14.9. The molecule has 0 radical (unpaired) electrons. The molecule has 0 aliphatic heterocycles. The van der Waals surface area contributed by atoms with Crippen molar-refractivity contribution in [2.24, 2.45) is 0 Å². The number of hydrogen-bond donors (Lipinski definition) is 1. The molecule has 4 nitrogen and oxygen atoms in total. The monoisotopic (exact) mass is 288 g/mol. The zero-order valence-corrected chi connectivity index (χ0v) is 11.6. The van der Waals surface area contributed by atoms with Crippen LogP contribution in [0.3, 0.4) is 0 Å². The lowest BCUT2D eigenvalue weighted by Gasteiger charge is -2.02. The summed E-state index contributed by atoms with van der Waals surface area (Å²) in [6.45, 7) is 0.428. The second-order valence-corrected chi connectivity index (χ2v) is 5.06. The van der Waals surface area contributed by atoms with E-state index in [1.54, 1.807) is 6.07 Å². The first kappa shape index (κ1) is 12.6. The molecule has 0 atom stereocenters. The molecule has 22 heavy (non-hydrogen) atoms. The highest BCUT2D eigenvalue weighted by atomic mass is 16.5. The molecule has 3 aromatic carbocycles. The smallest absolute Gasteiger partial charge is 0.298 e. The largest absolute Gasteiger partial charge is 0.429 e. The Morgan fingerprint density at radius 1 is 0.955 bits per heavy atom. The fourth-order valence-corrected chi connectivity index (χ4v) is 2.68. The van der Waals surface area contributed by atoms with Gasteiger partial charge < -0.3 is 4.74 Å². The summed E-state index contributed by atoms with van der Waals surface area (Å²) in [6, 6.07) is 19.8. The molecular weight excluding hydrogens is 276 g/mol. The van der Waals surface area contributed by atoms with Crippen molar-refractivity contribution in [3.63, 3.8) is 0 Å². The van der Waals surface area contributed by atoms with Gasteiger partial charge in [-0.25, -0.2) is 0 Å². The lowest BCUT2D eigenvalue weighted by Crippen LogP contribution is -1.87. The lowest BCUT2D eigenvalue weighted by molar-refractivity contribution is -0.120. The zero-order valence-electron chi connectivity index (χ0n) is 11.6. The molecule has 0 spiro atoms. The van der Waals surface area contributed by atoms with Gasteiger partial charge in [0.15, 0.2) is 0 Å². The van der Waals surface area contributed by atoms with Crippen LogP contribution < -0.4 is 4.74 Å². The second-order valence-electron chi connectivity index (χ2n) is 5.06. The van der Waals surface area contributed by atoms with Crippen LogP contribution in [0.25, 0.3) is 32.9 Å². The third kappa shape index (κ3) is 2.02. The Morgan fingerprint density at radius 2 is 1.82 bits per heavy atom. The summed E-state index contributed by atoms with van der Waals surface area (Å²) in [5, 5.41) is 10.7. The van der Waals surface area contributed by atoms with Gasteiger partial charge in [0.2, 0.25) is 0 Å². The molecule has 0 bridgehead atoms. The number of carbonyl (C=O) groups excluding carboxylic acids is 1. The van der Waals surface area contributed by atoms with Crippen molar-refractivity contribution in [3.8, 4) is 17.0 Å². The van der Waals surface area contributed by atoms with Crippen LogP contribution in [-0.2, 0) is 4.79 Å². The first-order chi connectivity index (χ1) is 10.8. The molecule has 0 unspecified atom stereocenters. The minimum Gasteiger partial charge on any atom is -0.429 e. The van der Waals surface area contributed by atoms with Gasteiger partial charge in [-0.15, -0.1) is 0 Å². The molecule has 4 heteroatoms. The Morgan fingerprint density at radius 3 is 2.68 bits per heavy atom. The maximum atomic E-state index is 10.5. The normalized spacial score (nSPS) is 10.9. The van der Waals surface area contributed by atoms with Crippen LogP contribution in [0.15, 0.2) is 60.7 Å². The number of aromatic nitrogens is 2. The van der Waals surface area contributed by atoms with E-state index in [9.17, 15) is 4.79 Å². The number of nitrogens with zero attached hydrogens (tertiary/aromatic N) is 1. The number of rotatable bonds is 3. The Bertz CT molecular complexity index is 989. The third-order valence-corrected chi connectivity index (χ3v) is 3.74. The summed E-state index contributed by atoms with van der Waals surface area (Å²) in [7, 11) is 0. The predicted molar refractivity (Wildman–Crippen MR) is 85.7 cm³/mol. The molecular formula is C18H12N2O2. The van der Waals surface area contributed by atoms with Crippen LogP contribution in [0, 0.1) is 0 Å². The molecule has 0 saturated heterocycles. The maximum absolute atomic E-state index is 10.5. The fourth-order valence-electron chi connectivity index (χ4n) is 2.68. The molecule has 0 fully saturated rings. The molecule has 0 aliphatic rings. The number of ether oxygens (including phenoxy) is 1. The number of fused-ring (bicyclic) bond motifs is 2. The molecule has 4 rings (SSSR count).